The molecule has 1 aromatic heterocycles. The molecule has 0 N–H and O–H groups in total. The Morgan fingerprint density at radius 3 is 2.36 bits per heavy atom. The van der Waals surface area contributed by atoms with Gasteiger partial charge in [0, 0.05) is 25.8 Å². The summed E-state index contributed by atoms with van der Waals surface area (Å²) in [4.78, 5) is 15.1. The summed E-state index contributed by atoms with van der Waals surface area (Å²) in [5.74, 6) is 0.409. The molecule has 7 heteroatoms. The van der Waals surface area contributed by atoms with E-state index in [-0.39, 0.29) is 15.2 Å². The molecular weight excluding hydrogens is 439 g/mol. The Kier molecular flexibility index (Phi) is 6.61. The molecule has 0 unspecified atom stereocenters. The van der Waals surface area contributed by atoms with E-state index in [0.29, 0.717) is 29.6 Å². The van der Waals surface area contributed by atoms with Gasteiger partial charge in [-0.15, -0.1) is 0 Å². The number of hydrogen-bond acceptors (Lipinski definition) is 4. The topological polar surface area (TPSA) is 59.4 Å². The van der Waals surface area contributed by atoms with Crippen molar-refractivity contribution in [2.75, 3.05) is 18.0 Å². The fourth-order valence-electron chi connectivity index (χ4n) is 4.91. The average molecular weight is 471 g/mol. The quantitative estimate of drug-likeness (QED) is 0.493. The molecule has 1 fully saturated rings. The molecule has 2 aromatic carbocycles. The van der Waals surface area contributed by atoms with Crippen molar-refractivity contribution in [1.82, 2.24) is 4.57 Å². The van der Waals surface area contributed by atoms with Crippen LogP contribution in [-0.2, 0) is 16.4 Å². The summed E-state index contributed by atoms with van der Waals surface area (Å²) < 4.78 is 43.7. The van der Waals surface area contributed by atoms with Gasteiger partial charge < -0.3 is 9.47 Å². The zero-order chi connectivity index (χ0) is 23.8. The summed E-state index contributed by atoms with van der Waals surface area (Å²) in [5.41, 5.74) is 0.388. The van der Waals surface area contributed by atoms with Crippen LogP contribution >= 0.6 is 0 Å². The molecule has 1 saturated heterocycles. The van der Waals surface area contributed by atoms with Crippen LogP contribution in [0.25, 0.3) is 10.9 Å². The standard InChI is InChI=1S/C26H31FN2O3S/c1-4-5-11-28-17-25(33(31,32)20-9-7-6-8-10-20)26(30)21-13-22(27)24(14-23(21)28)29-15-18(2)12-19(3)16-29/h6-10,13-14,17-19H,4-5,11-12,15-16H2,1-3H3/t18-,19-/m1/s1. The minimum atomic E-state index is -4.03. The highest BCUT2D eigenvalue weighted by Gasteiger charge is 2.27. The number of benzene rings is 2. The van der Waals surface area contributed by atoms with Gasteiger partial charge in [-0.3, -0.25) is 4.79 Å². The summed E-state index contributed by atoms with van der Waals surface area (Å²) in [6.45, 7) is 8.44. The summed E-state index contributed by atoms with van der Waals surface area (Å²) in [7, 11) is -4.03. The summed E-state index contributed by atoms with van der Waals surface area (Å²) in [6.07, 6.45) is 4.26. The predicted molar refractivity (Wildman–Crippen MR) is 130 cm³/mol. The highest BCUT2D eigenvalue weighted by atomic mass is 32.2. The highest BCUT2D eigenvalue weighted by molar-refractivity contribution is 7.91. The molecule has 4 rings (SSSR count). The third-order valence-electron chi connectivity index (χ3n) is 6.42. The summed E-state index contributed by atoms with van der Waals surface area (Å²) in [5, 5.41) is 0.0995. The van der Waals surface area contributed by atoms with Gasteiger partial charge >= 0.3 is 0 Å². The second-order valence-corrected chi connectivity index (χ2v) is 11.3. The maximum absolute atomic E-state index is 15.3. The first-order valence-corrected chi connectivity index (χ1v) is 13.1. The van der Waals surface area contributed by atoms with Crippen LogP contribution in [0.2, 0.25) is 0 Å². The highest BCUT2D eigenvalue weighted by Crippen LogP contribution is 2.31. The van der Waals surface area contributed by atoms with Crippen molar-refractivity contribution in [1.29, 1.82) is 0 Å². The minimum absolute atomic E-state index is 0.0527. The Hall–Kier alpha value is -2.67. The number of pyridine rings is 1. The number of anilines is 1. The number of nitrogens with zero attached hydrogens (tertiary/aromatic N) is 2. The second kappa shape index (κ2) is 9.29. The molecule has 3 aromatic rings. The molecule has 0 radical (unpaired) electrons. The van der Waals surface area contributed by atoms with Crippen LogP contribution in [0.4, 0.5) is 10.1 Å². The van der Waals surface area contributed by atoms with Gasteiger partial charge in [0.15, 0.2) is 0 Å². The Balaban J connectivity index is 1.92. The number of rotatable bonds is 6. The minimum Gasteiger partial charge on any atom is -0.369 e. The Morgan fingerprint density at radius 1 is 1.06 bits per heavy atom. The molecule has 2 heterocycles. The van der Waals surface area contributed by atoms with E-state index in [1.165, 1.54) is 24.4 Å². The molecule has 1 aliphatic heterocycles. The third-order valence-corrected chi connectivity index (χ3v) is 8.18. The van der Waals surface area contributed by atoms with E-state index in [0.717, 1.165) is 32.4 Å². The van der Waals surface area contributed by atoms with Crippen LogP contribution in [0, 0.1) is 17.7 Å². The van der Waals surface area contributed by atoms with Crippen molar-refractivity contribution in [3.05, 3.63) is 64.7 Å². The average Bonchev–Trinajstić information content (AvgIpc) is 2.78. The largest absolute Gasteiger partial charge is 0.369 e. The molecule has 2 atom stereocenters. The monoisotopic (exact) mass is 470 g/mol. The Bertz CT molecular complexity index is 1310. The SMILES string of the molecule is CCCCn1cc(S(=O)(=O)c2ccccc2)c(=O)c2cc(F)c(N3C[C@H](C)C[C@@H](C)C3)cc21. The molecule has 1 aliphatic rings. The van der Waals surface area contributed by atoms with E-state index in [4.69, 9.17) is 0 Å². The van der Waals surface area contributed by atoms with Gasteiger partial charge in [0.05, 0.1) is 21.5 Å². The van der Waals surface area contributed by atoms with Gasteiger partial charge in [-0.1, -0.05) is 45.4 Å². The van der Waals surface area contributed by atoms with E-state index in [2.05, 4.69) is 18.7 Å². The van der Waals surface area contributed by atoms with E-state index >= 15 is 4.39 Å². The van der Waals surface area contributed by atoms with Gasteiger partial charge in [0.1, 0.15) is 10.7 Å². The van der Waals surface area contributed by atoms with Gasteiger partial charge in [-0.25, -0.2) is 12.8 Å². The molecule has 5 nitrogen and oxygen atoms in total. The van der Waals surface area contributed by atoms with Crippen molar-refractivity contribution < 1.29 is 12.8 Å². The van der Waals surface area contributed by atoms with Crippen molar-refractivity contribution in [2.24, 2.45) is 11.8 Å². The maximum atomic E-state index is 15.3. The zero-order valence-corrected chi connectivity index (χ0v) is 20.2. The van der Waals surface area contributed by atoms with E-state index < -0.39 is 21.1 Å². The molecule has 0 amide bonds. The van der Waals surface area contributed by atoms with E-state index in [1.807, 2.05) is 6.92 Å². The van der Waals surface area contributed by atoms with E-state index in [1.54, 1.807) is 28.8 Å². The summed E-state index contributed by atoms with van der Waals surface area (Å²) in [6, 6.07) is 10.9. The fourth-order valence-corrected chi connectivity index (χ4v) is 6.30. The van der Waals surface area contributed by atoms with Crippen LogP contribution in [0.1, 0.15) is 40.0 Å². The number of hydrogen-bond donors (Lipinski definition) is 0. The van der Waals surface area contributed by atoms with Crippen molar-refractivity contribution in [3.63, 3.8) is 0 Å². The van der Waals surface area contributed by atoms with Crippen molar-refractivity contribution >= 4 is 26.4 Å². The Morgan fingerprint density at radius 2 is 1.73 bits per heavy atom. The number of fused-ring (bicyclic) bond motifs is 1. The first-order chi connectivity index (χ1) is 15.7. The van der Waals surface area contributed by atoms with E-state index in [9.17, 15) is 13.2 Å². The molecule has 0 spiro atoms. The van der Waals surface area contributed by atoms with Crippen molar-refractivity contribution in [2.45, 2.75) is 56.4 Å². The molecular formula is C26H31FN2O3S. The van der Waals surface area contributed by atoms with Crippen LogP contribution in [0.15, 0.2) is 63.2 Å². The van der Waals surface area contributed by atoms with Gasteiger partial charge in [0.2, 0.25) is 15.3 Å². The fraction of sp³-hybridized carbons (Fsp3) is 0.423. The van der Waals surface area contributed by atoms with Crippen LogP contribution in [-0.4, -0.2) is 26.1 Å². The number of unbranched alkanes of at least 4 members (excludes halogenated alkanes) is 1. The Labute approximate surface area is 194 Å². The molecule has 176 valence electrons. The lowest BCUT2D eigenvalue weighted by Crippen LogP contribution is -2.39. The van der Waals surface area contributed by atoms with Crippen LogP contribution in [0.3, 0.4) is 0 Å². The van der Waals surface area contributed by atoms with Crippen LogP contribution in [0.5, 0.6) is 0 Å². The third kappa shape index (κ3) is 4.56. The summed E-state index contributed by atoms with van der Waals surface area (Å²) >= 11 is 0. The van der Waals surface area contributed by atoms with Gasteiger partial charge in [-0.05, 0) is 48.9 Å². The first-order valence-electron chi connectivity index (χ1n) is 11.6. The lowest BCUT2D eigenvalue weighted by Gasteiger charge is -2.37. The maximum Gasteiger partial charge on any atom is 0.211 e. The number of piperidine rings is 1. The molecule has 0 saturated carbocycles. The normalized spacial score (nSPS) is 19.2. The molecule has 0 bridgehead atoms. The number of sulfone groups is 1. The van der Waals surface area contributed by atoms with Gasteiger partial charge in [-0.2, -0.15) is 0 Å². The molecule has 33 heavy (non-hydrogen) atoms. The molecule has 0 aliphatic carbocycles. The van der Waals surface area contributed by atoms with Gasteiger partial charge in [0.25, 0.3) is 0 Å². The number of aromatic nitrogens is 1. The van der Waals surface area contributed by atoms with Crippen LogP contribution < -0.4 is 10.3 Å². The lowest BCUT2D eigenvalue weighted by molar-refractivity contribution is 0.354. The lowest BCUT2D eigenvalue weighted by atomic mass is 9.91. The number of aryl methyl sites for hydroxylation is 1. The zero-order valence-electron chi connectivity index (χ0n) is 19.4. The predicted octanol–water partition coefficient (Wildman–Crippen LogP) is 5.26. The smallest absolute Gasteiger partial charge is 0.211 e. The number of halogens is 1. The second-order valence-electron chi connectivity index (χ2n) is 9.36. The van der Waals surface area contributed by atoms with Crippen molar-refractivity contribution in [3.8, 4) is 0 Å². The first kappa shape index (κ1) is 23.5.